The molecule has 1 aliphatic heterocycles. The number of carboxylic acid groups (broad SMARTS) is 1. The molecule has 34 heavy (non-hydrogen) atoms. The van der Waals surface area contributed by atoms with Crippen molar-refractivity contribution in [3.05, 3.63) is 76.4 Å². The topological polar surface area (TPSA) is 97.8 Å². The van der Waals surface area contributed by atoms with Crippen LogP contribution in [-0.2, 0) is 10.2 Å². The molecular formula is C26H25ClN2O5. The first-order valence-electron chi connectivity index (χ1n) is 10.9. The smallest absolute Gasteiger partial charge is 0.311 e. The fourth-order valence-corrected chi connectivity index (χ4v) is 3.85. The van der Waals surface area contributed by atoms with E-state index >= 15 is 0 Å². The monoisotopic (exact) mass is 480 g/mol. The summed E-state index contributed by atoms with van der Waals surface area (Å²) >= 11 is 6.35. The zero-order valence-electron chi connectivity index (χ0n) is 19.1. The van der Waals surface area contributed by atoms with Gasteiger partial charge in [0.1, 0.15) is 23.1 Å². The lowest BCUT2D eigenvalue weighted by Crippen LogP contribution is -2.20. The van der Waals surface area contributed by atoms with E-state index in [1.807, 2.05) is 12.1 Å². The van der Waals surface area contributed by atoms with Crippen LogP contribution in [0.3, 0.4) is 0 Å². The second-order valence-corrected chi connectivity index (χ2v) is 9.49. The van der Waals surface area contributed by atoms with Crippen molar-refractivity contribution in [1.82, 2.24) is 4.98 Å². The number of anilines is 1. The number of carbonyl (C=O) groups excluding carboxylic acids is 1. The molecule has 0 bridgehead atoms. The highest BCUT2D eigenvalue weighted by molar-refractivity contribution is 6.32. The summed E-state index contributed by atoms with van der Waals surface area (Å²) in [4.78, 5) is 28.7. The largest absolute Gasteiger partial charge is 0.493 e. The van der Waals surface area contributed by atoms with Crippen LogP contribution in [0.4, 0.5) is 5.82 Å². The molecule has 2 heterocycles. The number of fused-ring (bicyclic) bond motifs is 1. The molecule has 4 rings (SSSR count). The first-order chi connectivity index (χ1) is 16.1. The van der Waals surface area contributed by atoms with Gasteiger partial charge in [0, 0.05) is 28.3 Å². The summed E-state index contributed by atoms with van der Waals surface area (Å²) in [7, 11) is 0. The predicted octanol–water partition coefficient (Wildman–Crippen LogP) is 6.03. The van der Waals surface area contributed by atoms with E-state index in [9.17, 15) is 14.7 Å². The van der Waals surface area contributed by atoms with E-state index in [0.717, 1.165) is 5.69 Å². The molecule has 0 radical (unpaired) electrons. The number of hydrogen-bond acceptors (Lipinski definition) is 5. The van der Waals surface area contributed by atoms with Crippen LogP contribution in [0.2, 0.25) is 5.02 Å². The normalized spacial score (nSPS) is 15.1. The Labute approximate surface area is 202 Å². The number of ether oxygens (including phenoxy) is 2. The summed E-state index contributed by atoms with van der Waals surface area (Å²) in [6.45, 7) is 6.49. The quantitative estimate of drug-likeness (QED) is 0.462. The van der Waals surface area contributed by atoms with Gasteiger partial charge >= 0.3 is 5.97 Å². The molecule has 2 aromatic carbocycles. The predicted molar refractivity (Wildman–Crippen MR) is 129 cm³/mol. The Kier molecular flexibility index (Phi) is 6.48. The summed E-state index contributed by atoms with van der Waals surface area (Å²) in [5, 5.41) is 12.5. The van der Waals surface area contributed by atoms with Gasteiger partial charge in [0.05, 0.1) is 17.5 Å². The maximum Gasteiger partial charge on any atom is 0.311 e. The molecule has 8 heteroatoms. The van der Waals surface area contributed by atoms with Crippen LogP contribution in [-0.4, -0.2) is 28.6 Å². The highest BCUT2D eigenvalue weighted by Crippen LogP contribution is 2.41. The van der Waals surface area contributed by atoms with Gasteiger partial charge in [-0.05, 0) is 48.9 Å². The number of rotatable bonds is 5. The molecule has 1 aliphatic rings. The van der Waals surface area contributed by atoms with Gasteiger partial charge in [0.25, 0.3) is 5.91 Å². The zero-order chi connectivity index (χ0) is 24.5. The van der Waals surface area contributed by atoms with Crippen molar-refractivity contribution in [2.24, 2.45) is 0 Å². The number of aromatic nitrogens is 1. The lowest BCUT2D eigenvalue weighted by atomic mass is 9.92. The molecule has 176 valence electrons. The van der Waals surface area contributed by atoms with Crippen LogP contribution in [0.1, 0.15) is 54.7 Å². The van der Waals surface area contributed by atoms with Crippen LogP contribution in [0.25, 0.3) is 0 Å². The first-order valence-corrected chi connectivity index (χ1v) is 11.3. The van der Waals surface area contributed by atoms with Crippen molar-refractivity contribution in [3.8, 4) is 17.2 Å². The summed E-state index contributed by atoms with van der Waals surface area (Å²) in [6, 6.07) is 15.3. The number of nitrogens with one attached hydrogen (secondary N) is 1. The van der Waals surface area contributed by atoms with Gasteiger partial charge in [-0.1, -0.05) is 38.4 Å². The third-order valence-corrected chi connectivity index (χ3v) is 5.80. The number of amides is 1. The first kappa shape index (κ1) is 23.6. The molecule has 1 aromatic heterocycles. The van der Waals surface area contributed by atoms with Crippen molar-refractivity contribution in [2.45, 2.75) is 38.5 Å². The Morgan fingerprint density at radius 2 is 1.88 bits per heavy atom. The summed E-state index contributed by atoms with van der Waals surface area (Å²) in [6.07, 6.45) is 0.387. The van der Waals surface area contributed by atoms with E-state index in [1.165, 1.54) is 0 Å². The molecule has 1 atom stereocenters. The Morgan fingerprint density at radius 3 is 2.56 bits per heavy atom. The summed E-state index contributed by atoms with van der Waals surface area (Å²) < 4.78 is 11.5. The van der Waals surface area contributed by atoms with Crippen LogP contribution < -0.4 is 14.8 Å². The minimum absolute atomic E-state index is 0.128. The Balaban J connectivity index is 1.47. The molecule has 0 fully saturated rings. The van der Waals surface area contributed by atoms with Crippen LogP contribution in [0.5, 0.6) is 17.2 Å². The van der Waals surface area contributed by atoms with E-state index in [-0.39, 0.29) is 16.3 Å². The van der Waals surface area contributed by atoms with Crippen molar-refractivity contribution >= 4 is 29.3 Å². The molecule has 3 aromatic rings. The Morgan fingerprint density at radius 1 is 1.15 bits per heavy atom. The van der Waals surface area contributed by atoms with E-state index in [0.29, 0.717) is 47.2 Å². The van der Waals surface area contributed by atoms with Crippen LogP contribution >= 0.6 is 11.6 Å². The highest BCUT2D eigenvalue weighted by atomic mass is 35.5. The number of halogens is 1. The molecule has 1 unspecified atom stereocenters. The third-order valence-electron chi connectivity index (χ3n) is 5.51. The minimum atomic E-state index is -0.913. The van der Waals surface area contributed by atoms with Gasteiger partial charge in [-0.2, -0.15) is 0 Å². The molecular weight excluding hydrogens is 456 g/mol. The number of benzene rings is 2. The van der Waals surface area contributed by atoms with Crippen LogP contribution in [0.15, 0.2) is 54.6 Å². The molecule has 0 spiro atoms. The maximum atomic E-state index is 12.7. The second kappa shape index (κ2) is 9.35. The van der Waals surface area contributed by atoms with Gasteiger partial charge in [-0.15, -0.1) is 0 Å². The molecule has 0 aliphatic carbocycles. The number of nitrogens with zero attached hydrogens (tertiary/aromatic N) is 1. The summed E-state index contributed by atoms with van der Waals surface area (Å²) in [5.41, 5.74) is 1.73. The number of aliphatic carboxylic acids is 1. The van der Waals surface area contributed by atoms with E-state index in [1.54, 1.807) is 42.5 Å². The SMILES string of the molecule is CC(C)(C)c1cccc(NC(=O)c2ccc(Oc3cc4c(cc3Cl)C(C(=O)O)CCO4)cc2)n1. The fourth-order valence-electron chi connectivity index (χ4n) is 3.64. The van der Waals surface area contributed by atoms with Gasteiger partial charge in [0.15, 0.2) is 0 Å². The fraction of sp³-hybridized carbons (Fsp3) is 0.269. The number of pyridine rings is 1. The highest BCUT2D eigenvalue weighted by Gasteiger charge is 2.29. The molecule has 1 amide bonds. The lowest BCUT2D eigenvalue weighted by molar-refractivity contribution is -0.139. The molecule has 0 saturated carbocycles. The van der Waals surface area contributed by atoms with E-state index in [4.69, 9.17) is 21.1 Å². The van der Waals surface area contributed by atoms with Gasteiger partial charge < -0.3 is 19.9 Å². The average Bonchev–Trinajstić information content (AvgIpc) is 2.79. The molecule has 0 saturated heterocycles. The number of carbonyl (C=O) groups is 2. The maximum absolute atomic E-state index is 12.7. The van der Waals surface area contributed by atoms with E-state index < -0.39 is 11.9 Å². The van der Waals surface area contributed by atoms with Crippen molar-refractivity contribution in [2.75, 3.05) is 11.9 Å². The Hall–Kier alpha value is -3.58. The zero-order valence-corrected chi connectivity index (χ0v) is 19.8. The standard InChI is InChI=1S/C26H25ClN2O5/c1-26(2,3)22-5-4-6-23(28-22)29-24(30)15-7-9-16(10-8-15)34-21-14-20-18(13-19(21)27)17(25(31)32)11-12-33-20/h4-10,13-14,17H,11-12H2,1-3H3,(H,31,32)(H,28,29,30). The van der Waals surface area contributed by atoms with Crippen molar-refractivity contribution < 1.29 is 24.2 Å². The minimum Gasteiger partial charge on any atom is -0.493 e. The summed E-state index contributed by atoms with van der Waals surface area (Å²) in [5.74, 6) is -0.124. The molecule has 7 nitrogen and oxygen atoms in total. The van der Waals surface area contributed by atoms with Gasteiger partial charge in [-0.3, -0.25) is 9.59 Å². The van der Waals surface area contributed by atoms with Gasteiger partial charge in [0.2, 0.25) is 0 Å². The number of carboxylic acids is 1. The van der Waals surface area contributed by atoms with Crippen LogP contribution in [0, 0.1) is 0 Å². The average molecular weight is 481 g/mol. The lowest BCUT2D eigenvalue weighted by Gasteiger charge is -2.24. The van der Waals surface area contributed by atoms with Gasteiger partial charge in [-0.25, -0.2) is 4.98 Å². The van der Waals surface area contributed by atoms with Crippen molar-refractivity contribution in [1.29, 1.82) is 0 Å². The number of hydrogen-bond donors (Lipinski definition) is 2. The second-order valence-electron chi connectivity index (χ2n) is 9.09. The molecule has 2 N–H and O–H groups in total. The van der Waals surface area contributed by atoms with E-state index in [2.05, 4.69) is 31.1 Å². The third kappa shape index (κ3) is 5.15. The Bertz CT molecular complexity index is 1230. The van der Waals surface area contributed by atoms with Crippen molar-refractivity contribution in [3.63, 3.8) is 0 Å².